The third-order valence-electron chi connectivity index (χ3n) is 4.87. The van der Waals surface area contributed by atoms with Gasteiger partial charge in [0, 0.05) is 36.9 Å². The second kappa shape index (κ2) is 7.62. The van der Waals surface area contributed by atoms with Crippen LogP contribution in [0.4, 0.5) is 10.6 Å². The SMILES string of the molecule is Cc1cc(NC2CCN(C(=O)NC3CCCCC3)CC2)ncn1. The normalized spacial score (nSPS) is 20.3. The number of amides is 2. The van der Waals surface area contributed by atoms with Crippen LogP contribution in [0.5, 0.6) is 0 Å². The fraction of sp³-hybridized carbons (Fsp3) is 0.706. The summed E-state index contributed by atoms with van der Waals surface area (Å²) in [5, 5.41) is 6.66. The highest BCUT2D eigenvalue weighted by atomic mass is 16.2. The molecule has 0 spiro atoms. The molecule has 2 N–H and O–H groups in total. The number of hydrogen-bond acceptors (Lipinski definition) is 4. The molecule has 2 aliphatic rings. The van der Waals surface area contributed by atoms with Gasteiger partial charge in [-0.1, -0.05) is 19.3 Å². The van der Waals surface area contributed by atoms with Gasteiger partial charge in [0.2, 0.25) is 0 Å². The van der Waals surface area contributed by atoms with Crippen molar-refractivity contribution < 1.29 is 4.79 Å². The van der Waals surface area contributed by atoms with E-state index in [1.165, 1.54) is 19.3 Å². The molecule has 1 saturated carbocycles. The molecule has 2 heterocycles. The highest BCUT2D eigenvalue weighted by molar-refractivity contribution is 5.74. The predicted molar refractivity (Wildman–Crippen MR) is 90.4 cm³/mol. The van der Waals surface area contributed by atoms with E-state index >= 15 is 0 Å². The van der Waals surface area contributed by atoms with Gasteiger partial charge in [-0.3, -0.25) is 0 Å². The fourth-order valence-corrected chi connectivity index (χ4v) is 3.48. The first-order valence-corrected chi connectivity index (χ1v) is 8.81. The molecule has 0 radical (unpaired) electrons. The van der Waals surface area contributed by atoms with Crippen LogP contribution in [0.3, 0.4) is 0 Å². The fourth-order valence-electron chi connectivity index (χ4n) is 3.48. The molecule has 0 bridgehead atoms. The standard InChI is InChI=1S/C17H27N5O/c1-13-11-16(19-12-18-13)20-15-7-9-22(10-8-15)17(23)21-14-5-3-2-4-6-14/h11-12,14-15H,2-10H2,1H3,(H,21,23)(H,18,19,20). The molecule has 0 atom stereocenters. The lowest BCUT2D eigenvalue weighted by molar-refractivity contribution is 0.176. The van der Waals surface area contributed by atoms with Crippen LogP contribution in [0, 0.1) is 6.92 Å². The van der Waals surface area contributed by atoms with Gasteiger partial charge in [0.25, 0.3) is 0 Å². The molecule has 1 aliphatic heterocycles. The smallest absolute Gasteiger partial charge is 0.317 e. The van der Waals surface area contributed by atoms with Gasteiger partial charge >= 0.3 is 6.03 Å². The summed E-state index contributed by atoms with van der Waals surface area (Å²) in [5.41, 5.74) is 0.965. The van der Waals surface area contributed by atoms with Crippen molar-refractivity contribution in [1.29, 1.82) is 0 Å². The summed E-state index contributed by atoms with van der Waals surface area (Å²) < 4.78 is 0. The number of urea groups is 1. The van der Waals surface area contributed by atoms with Gasteiger partial charge < -0.3 is 15.5 Å². The molecule has 1 aromatic rings. The summed E-state index contributed by atoms with van der Waals surface area (Å²) in [7, 11) is 0. The number of rotatable bonds is 3. The average molecular weight is 317 g/mol. The lowest BCUT2D eigenvalue weighted by atomic mass is 9.95. The highest BCUT2D eigenvalue weighted by Crippen LogP contribution is 2.19. The van der Waals surface area contributed by atoms with Crippen LogP contribution in [0.2, 0.25) is 0 Å². The lowest BCUT2D eigenvalue weighted by Crippen LogP contribution is -2.49. The summed E-state index contributed by atoms with van der Waals surface area (Å²) in [6.07, 6.45) is 9.58. The number of piperidine rings is 1. The number of aromatic nitrogens is 2. The Morgan fingerprint density at radius 3 is 2.52 bits per heavy atom. The molecule has 3 rings (SSSR count). The van der Waals surface area contributed by atoms with Crippen molar-refractivity contribution in [1.82, 2.24) is 20.2 Å². The van der Waals surface area contributed by atoms with Crippen LogP contribution >= 0.6 is 0 Å². The van der Waals surface area contributed by atoms with Crippen LogP contribution in [-0.2, 0) is 0 Å². The van der Waals surface area contributed by atoms with Gasteiger partial charge in [0.15, 0.2) is 0 Å². The summed E-state index contributed by atoms with van der Waals surface area (Å²) in [4.78, 5) is 22.7. The molecule has 1 aliphatic carbocycles. The van der Waals surface area contributed by atoms with Crippen LogP contribution in [0.15, 0.2) is 12.4 Å². The van der Waals surface area contributed by atoms with Gasteiger partial charge in [-0.15, -0.1) is 0 Å². The van der Waals surface area contributed by atoms with E-state index < -0.39 is 0 Å². The summed E-state index contributed by atoms with van der Waals surface area (Å²) in [6, 6.07) is 2.84. The summed E-state index contributed by atoms with van der Waals surface area (Å²) >= 11 is 0. The number of anilines is 1. The maximum atomic E-state index is 12.3. The molecule has 1 aromatic heterocycles. The second-order valence-corrected chi connectivity index (χ2v) is 6.73. The number of carbonyl (C=O) groups excluding carboxylic acids is 1. The number of carbonyl (C=O) groups is 1. The first-order chi connectivity index (χ1) is 11.2. The monoisotopic (exact) mass is 317 g/mol. The van der Waals surface area contributed by atoms with Gasteiger partial charge in [0.05, 0.1) is 0 Å². The Kier molecular flexibility index (Phi) is 5.31. The molecule has 2 fully saturated rings. The van der Waals surface area contributed by atoms with E-state index in [9.17, 15) is 4.79 Å². The predicted octanol–water partition coefficient (Wildman–Crippen LogP) is 2.70. The zero-order chi connectivity index (χ0) is 16.1. The first-order valence-electron chi connectivity index (χ1n) is 8.81. The summed E-state index contributed by atoms with van der Waals surface area (Å²) in [5.74, 6) is 0.877. The molecule has 126 valence electrons. The third-order valence-corrected chi connectivity index (χ3v) is 4.87. The molecule has 0 aromatic carbocycles. The second-order valence-electron chi connectivity index (χ2n) is 6.73. The van der Waals surface area contributed by atoms with Crippen molar-refractivity contribution in [3.05, 3.63) is 18.1 Å². The van der Waals surface area contributed by atoms with Crippen LogP contribution < -0.4 is 10.6 Å². The number of likely N-dealkylation sites (tertiary alicyclic amines) is 1. The van der Waals surface area contributed by atoms with E-state index in [-0.39, 0.29) is 6.03 Å². The van der Waals surface area contributed by atoms with Crippen LogP contribution in [0.25, 0.3) is 0 Å². The van der Waals surface area contributed by atoms with Crippen molar-refractivity contribution in [2.75, 3.05) is 18.4 Å². The molecule has 1 saturated heterocycles. The Balaban J connectivity index is 1.43. The van der Waals surface area contributed by atoms with Crippen LogP contribution in [0.1, 0.15) is 50.6 Å². The van der Waals surface area contributed by atoms with Crippen molar-refractivity contribution in [3.63, 3.8) is 0 Å². The van der Waals surface area contributed by atoms with Gasteiger partial charge in [-0.2, -0.15) is 0 Å². The van der Waals surface area contributed by atoms with Crippen molar-refractivity contribution in [2.24, 2.45) is 0 Å². The Bertz CT molecular complexity index is 521. The zero-order valence-electron chi connectivity index (χ0n) is 13.9. The molecular weight excluding hydrogens is 290 g/mol. The number of nitrogens with zero attached hydrogens (tertiary/aromatic N) is 3. The molecular formula is C17H27N5O. The van der Waals surface area contributed by atoms with Gasteiger partial charge in [-0.25, -0.2) is 14.8 Å². The van der Waals surface area contributed by atoms with Crippen molar-refractivity contribution in [2.45, 2.75) is 64.0 Å². The Hall–Kier alpha value is -1.85. The summed E-state index contributed by atoms with van der Waals surface area (Å²) in [6.45, 7) is 3.58. The number of hydrogen-bond donors (Lipinski definition) is 2. The van der Waals surface area contributed by atoms with E-state index in [1.54, 1.807) is 6.33 Å². The molecule has 0 unspecified atom stereocenters. The first kappa shape index (κ1) is 16.0. The van der Waals surface area contributed by atoms with Crippen molar-refractivity contribution >= 4 is 11.8 Å². The third kappa shape index (κ3) is 4.56. The van der Waals surface area contributed by atoms with Gasteiger partial charge in [-0.05, 0) is 32.6 Å². The van der Waals surface area contributed by atoms with E-state index in [0.717, 1.165) is 50.3 Å². The lowest BCUT2D eigenvalue weighted by Gasteiger charge is -2.34. The van der Waals surface area contributed by atoms with E-state index in [2.05, 4.69) is 20.6 Å². The zero-order valence-corrected chi connectivity index (χ0v) is 13.9. The van der Waals surface area contributed by atoms with E-state index in [0.29, 0.717) is 12.1 Å². The van der Waals surface area contributed by atoms with Gasteiger partial charge in [0.1, 0.15) is 12.1 Å². The Morgan fingerprint density at radius 1 is 1.09 bits per heavy atom. The maximum absolute atomic E-state index is 12.3. The number of aryl methyl sites for hydroxylation is 1. The Labute approximate surface area is 138 Å². The largest absolute Gasteiger partial charge is 0.367 e. The molecule has 23 heavy (non-hydrogen) atoms. The topological polar surface area (TPSA) is 70.2 Å². The van der Waals surface area contributed by atoms with E-state index in [4.69, 9.17) is 0 Å². The molecule has 6 heteroatoms. The molecule has 2 amide bonds. The minimum absolute atomic E-state index is 0.119. The minimum atomic E-state index is 0.119. The van der Waals surface area contributed by atoms with Crippen molar-refractivity contribution in [3.8, 4) is 0 Å². The average Bonchev–Trinajstić information content (AvgIpc) is 2.56. The van der Waals surface area contributed by atoms with Crippen LogP contribution in [-0.4, -0.2) is 46.1 Å². The maximum Gasteiger partial charge on any atom is 0.317 e. The Morgan fingerprint density at radius 2 is 1.83 bits per heavy atom. The quantitative estimate of drug-likeness (QED) is 0.899. The molecule has 6 nitrogen and oxygen atoms in total. The van der Waals surface area contributed by atoms with E-state index in [1.807, 2.05) is 17.9 Å². The number of nitrogens with one attached hydrogen (secondary N) is 2. The minimum Gasteiger partial charge on any atom is -0.367 e. The highest BCUT2D eigenvalue weighted by Gasteiger charge is 2.25.